The van der Waals surface area contributed by atoms with Crippen LogP contribution in [0.3, 0.4) is 0 Å². The fourth-order valence-electron chi connectivity index (χ4n) is 4.22. The normalized spacial score (nSPS) is 19.4. The Morgan fingerprint density at radius 3 is 2.40 bits per heavy atom. The summed E-state index contributed by atoms with van der Waals surface area (Å²) in [4.78, 5) is 33.2. The van der Waals surface area contributed by atoms with E-state index in [1.54, 1.807) is 12.3 Å². The topological polar surface area (TPSA) is 62.7 Å². The molecular formula is C24H29N3O3. The molecule has 2 amide bonds. The second-order valence-electron chi connectivity index (χ2n) is 8.16. The summed E-state index contributed by atoms with van der Waals surface area (Å²) in [5, 5.41) is 0. The second kappa shape index (κ2) is 9.74. The van der Waals surface area contributed by atoms with Crippen molar-refractivity contribution in [2.75, 3.05) is 32.8 Å². The summed E-state index contributed by atoms with van der Waals surface area (Å²) in [5.41, 5.74) is 1.21. The highest BCUT2D eigenvalue weighted by molar-refractivity contribution is 5.94. The lowest BCUT2D eigenvalue weighted by Gasteiger charge is -2.32. The Morgan fingerprint density at radius 2 is 1.67 bits per heavy atom. The van der Waals surface area contributed by atoms with E-state index in [4.69, 9.17) is 4.74 Å². The molecule has 0 radical (unpaired) electrons. The predicted octanol–water partition coefficient (Wildman–Crippen LogP) is 3.64. The number of hydrogen-bond acceptors (Lipinski definition) is 4. The molecule has 1 atom stereocenters. The first kappa shape index (κ1) is 20.4. The van der Waals surface area contributed by atoms with Crippen LogP contribution in [0.25, 0.3) is 0 Å². The maximum absolute atomic E-state index is 12.6. The van der Waals surface area contributed by atoms with Gasteiger partial charge < -0.3 is 14.5 Å². The quantitative estimate of drug-likeness (QED) is 0.759. The van der Waals surface area contributed by atoms with Gasteiger partial charge in [-0.25, -0.2) is 0 Å². The van der Waals surface area contributed by atoms with Gasteiger partial charge in [0.1, 0.15) is 11.4 Å². The first-order valence-electron chi connectivity index (χ1n) is 10.9. The molecule has 3 heterocycles. The Morgan fingerprint density at radius 1 is 0.900 bits per heavy atom. The highest BCUT2D eigenvalue weighted by Gasteiger charge is 2.25. The Balaban J connectivity index is 1.29. The molecule has 0 bridgehead atoms. The minimum absolute atomic E-state index is 0.0131. The van der Waals surface area contributed by atoms with Gasteiger partial charge in [-0.15, -0.1) is 0 Å². The average molecular weight is 408 g/mol. The molecule has 0 aliphatic carbocycles. The molecule has 2 aliphatic rings. The van der Waals surface area contributed by atoms with Gasteiger partial charge in [0.05, 0.1) is 6.61 Å². The van der Waals surface area contributed by atoms with E-state index in [0.29, 0.717) is 30.3 Å². The van der Waals surface area contributed by atoms with Gasteiger partial charge >= 0.3 is 0 Å². The van der Waals surface area contributed by atoms with Crippen LogP contribution in [0.1, 0.15) is 53.0 Å². The van der Waals surface area contributed by atoms with Gasteiger partial charge in [0.25, 0.3) is 11.8 Å². The van der Waals surface area contributed by atoms with Crippen molar-refractivity contribution in [2.45, 2.75) is 32.1 Å². The molecule has 2 aliphatic heterocycles. The average Bonchev–Trinajstić information content (AvgIpc) is 2.83. The van der Waals surface area contributed by atoms with Crippen molar-refractivity contribution in [3.05, 3.63) is 59.9 Å². The van der Waals surface area contributed by atoms with Gasteiger partial charge in [0.2, 0.25) is 0 Å². The smallest absolute Gasteiger partial charge is 0.272 e. The molecule has 1 aromatic heterocycles. The van der Waals surface area contributed by atoms with Crippen LogP contribution in [-0.4, -0.2) is 59.4 Å². The number of carbonyl (C=O) groups is 2. The van der Waals surface area contributed by atoms with Crippen LogP contribution in [-0.2, 0) is 0 Å². The van der Waals surface area contributed by atoms with E-state index in [0.717, 1.165) is 51.1 Å². The zero-order valence-corrected chi connectivity index (χ0v) is 17.3. The number of carbonyl (C=O) groups excluding carboxylic acids is 2. The number of pyridine rings is 1. The zero-order chi connectivity index (χ0) is 20.8. The number of ether oxygens (including phenoxy) is 1. The maximum atomic E-state index is 12.6. The number of piperidine rings is 2. The first-order chi connectivity index (χ1) is 14.7. The van der Waals surface area contributed by atoms with Gasteiger partial charge in [-0.05, 0) is 68.5 Å². The number of amides is 2. The summed E-state index contributed by atoms with van der Waals surface area (Å²) < 4.78 is 5.98. The molecule has 6 nitrogen and oxygen atoms in total. The largest absolute Gasteiger partial charge is 0.493 e. The molecule has 30 heavy (non-hydrogen) atoms. The Hall–Kier alpha value is -2.89. The molecule has 2 fully saturated rings. The van der Waals surface area contributed by atoms with Gasteiger partial charge in [0.15, 0.2) is 0 Å². The number of likely N-dealkylation sites (tertiary alicyclic amines) is 2. The van der Waals surface area contributed by atoms with Gasteiger partial charge in [0, 0.05) is 43.9 Å². The highest BCUT2D eigenvalue weighted by Crippen LogP contribution is 2.21. The minimum Gasteiger partial charge on any atom is -0.493 e. The van der Waals surface area contributed by atoms with Gasteiger partial charge in [-0.2, -0.15) is 0 Å². The molecule has 4 rings (SSSR count). The molecule has 2 aromatic rings. The van der Waals surface area contributed by atoms with Crippen molar-refractivity contribution in [2.24, 2.45) is 5.92 Å². The fourth-order valence-corrected chi connectivity index (χ4v) is 4.22. The maximum Gasteiger partial charge on any atom is 0.272 e. The summed E-state index contributed by atoms with van der Waals surface area (Å²) >= 11 is 0. The van der Waals surface area contributed by atoms with Crippen LogP contribution in [0.4, 0.5) is 0 Å². The van der Waals surface area contributed by atoms with E-state index < -0.39 is 0 Å². The summed E-state index contributed by atoms with van der Waals surface area (Å²) in [7, 11) is 0. The van der Waals surface area contributed by atoms with E-state index in [9.17, 15) is 9.59 Å². The summed E-state index contributed by atoms with van der Waals surface area (Å²) in [5.74, 6) is 1.15. The van der Waals surface area contributed by atoms with Crippen molar-refractivity contribution in [1.29, 1.82) is 0 Å². The van der Waals surface area contributed by atoms with Crippen molar-refractivity contribution >= 4 is 11.8 Å². The standard InChI is InChI=1S/C24H29N3O3/c28-23(26-14-4-1-5-15-26)20-9-11-21(12-10-20)30-18-19-7-6-16-27(17-19)24(29)22-8-2-3-13-25-22/h2-3,8-13,19H,1,4-7,14-18H2/t19-/m0/s1. The van der Waals surface area contributed by atoms with Crippen LogP contribution in [0.15, 0.2) is 48.7 Å². The van der Waals surface area contributed by atoms with E-state index in [-0.39, 0.29) is 11.8 Å². The molecule has 0 saturated carbocycles. The number of aromatic nitrogens is 1. The molecule has 0 N–H and O–H groups in total. The number of benzene rings is 1. The van der Waals surface area contributed by atoms with Gasteiger partial charge in [-0.3, -0.25) is 14.6 Å². The minimum atomic E-state index is -0.0131. The summed E-state index contributed by atoms with van der Waals surface area (Å²) in [6.45, 7) is 3.71. The Bertz CT molecular complexity index is 848. The molecular weight excluding hydrogens is 378 g/mol. The van der Waals surface area contributed by atoms with Crippen LogP contribution in [0, 0.1) is 5.92 Å². The lowest BCUT2D eigenvalue weighted by molar-refractivity contribution is 0.0627. The zero-order valence-electron chi connectivity index (χ0n) is 17.3. The second-order valence-corrected chi connectivity index (χ2v) is 8.16. The Labute approximate surface area is 177 Å². The molecule has 0 unspecified atom stereocenters. The monoisotopic (exact) mass is 407 g/mol. The van der Waals surface area contributed by atoms with Crippen molar-refractivity contribution < 1.29 is 14.3 Å². The first-order valence-corrected chi connectivity index (χ1v) is 10.9. The van der Waals surface area contributed by atoms with E-state index in [2.05, 4.69) is 4.98 Å². The molecule has 158 valence electrons. The van der Waals surface area contributed by atoms with Crippen molar-refractivity contribution in [3.8, 4) is 5.75 Å². The SMILES string of the molecule is O=C(c1ccc(OC[C@H]2CCCN(C(=O)c3ccccn3)C2)cc1)N1CCCCC1. The van der Waals surface area contributed by atoms with E-state index in [1.807, 2.05) is 46.2 Å². The molecule has 2 saturated heterocycles. The lowest BCUT2D eigenvalue weighted by Crippen LogP contribution is -2.41. The third kappa shape index (κ3) is 4.99. The van der Waals surface area contributed by atoms with Crippen molar-refractivity contribution in [1.82, 2.24) is 14.8 Å². The number of rotatable bonds is 5. The number of nitrogens with zero attached hydrogens (tertiary/aromatic N) is 3. The van der Waals surface area contributed by atoms with Crippen LogP contribution >= 0.6 is 0 Å². The highest BCUT2D eigenvalue weighted by atomic mass is 16.5. The molecule has 0 spiro atoms. The third-order valence-electron chi connectivity index (χ3n) is 5.92. The van der Waals surface area contributed by atoms with Crippen LogP contribution < -0.4 is 4.74 Å². The number of hydrogen-bond donors (Lipinski definition) is 0. The van der Waals surface area contributed by atoms with Gasteiger partial charge in [-0.1, -0.05) is 6.07 Å². The summed E-state index contributed by atoms with van der Waals surface area (Å²) in [6, 6.07) is 12.9. The fraction of sp³-hybridized carbons (Fsp3) is 0.458. The molecule has 6 heteroatoms. The van der Waals surface area contributed by atoms with E-state index in [1.165, 1.54) is 6.42 Å². The van der Waals surface area contributed by atoms with Crippen LogP contribution in [0.5, 0.6) is 5.75 Å². The third-order valence-corrected chi connectivity index (χ3v) is 5.92. The lowest BCUT2D eigenvalue weighted by atomic mass is 9.98. The molecule has 1 aromatic carbocycles. The summed E-state index contributed by atoms with van der Waals surface area (Å²) in [6.07, 6.45) is 7.05. The van der Waals surface area contributed by atoms with E-state index >= 15 is 0 Å². The Kier molecular flexibility index (Phi) is 6.62. The van der Waals surface area contributed by atoms with Crippen molar-refractivity contribution in [3.63, 3.8) is 0 Å². The predicted molar refractivity (Wildman–Crippen MR) is 115 cm³/mol. The van der Waals surface area contributed by atoms with Crippen LogP contribution in [0.2, 0.25) is 0 Å².